The maximum Gasteiger partial charge on any atom is 0.255 e. The maximum absolute atomic E-state index is 13.2. The van der Waals surface area contributed by atoms with Crippen LogP contribution in [0.2, 0.25) is 0 Å². The van der Waals surface area contributed by atoms with Crippen molar-refractivity contribution in [2.45, 2.75) is 38.6 Å². The van der Waals surface area contributed by atoms with Crippen LogP contribution in [-0.4, -0.2) is 23.5 Å². The van der Waals surface area contributed by atoms with Gasteiger partial charge in [0.15, 0.2) is 0 Å². The van der Waals surface area contributed by atoms with Gasteiger partial charge in [-0.05, 0) is 25.8 Å². The van der Waals surface area contributed by atoms with Crippen molar-refractivity contribution in [2.75, 3.05) is 11.9 Å². The molecular formula is C13H18FN3O. The molecule has 1 amide bonds. The highest BCUT2D eigenvalue weighted by Crippen LogP contribution is 2.19. The third-order valence-electron chi connectivity index (χ3n) is 3.13. The number of hydrogen-bond donors (Lipinski definition) is 2. The standard InChI is InChI=1S/C13H18FN3O/c1-2-15-12-11(7-9(14)8-16-12)13(18)17-10-5-3-4-6-10/h7-8,10H,2-6H2,1H3,(H,15,16)(H,17,18). The van der Waals surface area contributed by atoms with E-state index in [0.717, 1.165) is 31.9 Å². The smallest absolute Gasteiger partial charge is 0.255 e. The summed E-state index contributed by atoms with van der Waals surface area (Å²) in [4.78, 5) is 16.0. The molecule has 1 heterocycles. The van der Waals surface area contributed by atoms with E-state index in [1.165, 1.54) is 6.07 Å². The van der Waals surface area contributed by atoms with Crippen molar-refractivity contribution in [3.63, 3.8) is 0 Å². The summed E-state index contributed by atoms with van der Waals surface area (Å²) in [7, 11) is 0. The third kappa shape index (κ3) is 2.97. The van der Waals surface area contributed by atoms with E-state index < -0.39 is 5.82 Å². The largest absolute Gasteiger partial charge is 0.370 e. The van der Waals surface area contributed by atoms with Crippen molar-refractivity contribution in [2.24, 2.45) is 0 Å². The highest BCUT2D eigenvalue weighted by molar-refractivity contribution is 5.98. The lowest BCUT2D eigenvalue weighted by Crippen LogP contribution is -2.33. The number of carbonyl (C=O) groups is 1. The van der Waals surface area contributed by atoms with Gasteiger partial charge in [0.2, 0.25) is 0 Å². The van der Waals surface area contributed by atoms with Gasteiger partial charge in [-0.3, -0.25) is 4.79 Å². The first-order chi connectivity index (χ1) is 8.70. The van der Waals surface area contributed by atoms with Crippen LogP contribution in [0.3, 0.4) is 0 Å². The SMILES string of the molecule is CCNc1ncc(F)cc1C(=O)NC1CCCC1. The zero-order chi connectivity index (χ0) is 13.0. The summed E-state index contributed by atoms with van der Waals surface area (Å²) in [6, 6.07) is 1.45. The summed E-state index contributed by atoms with van der Waals surface area (Å²) >= 11 is 0. The molecule has 0 aromatic carbocycles. The number of carbonyl (C=O) groups excluding carboxylic acids is 1. The third-order valence-corrected chi connectivity index (χ3v) is 3.13. The Hall–Kier alpha value is -1.65. The van der Waals surface area contributed by atoms with E-state index in [1.54, 1.807) is 0 Å². The van der Waals surface area contributed by atoms with Crippen LogP contribution in [0.4, 0.5) is 10.2 Å². The predicted molar refractivity (Wildman–Crippen MR) is 68.1 cm³/mol. The van der Waals surface area contributed by atoms with Crippen LogP contribution in [0.5, 0.6) is 0 Å². The van der Waals surface area contributed by atoms with E-state index in [2.05, 4.69) is 15.6 Å². The summed E-state index contributed by atoms with van der Waals surface area (Å²) in [5, 5.41) is 5.91. The zero-order valence-electron chi connectivity index (χ0n) is 10.5. The summed E-state index contributed by atoms with van der Waals surface area (Å²) in [5.41, 5.74) is 0.281. The van der Waals surface area contributed by atoms with Gasteiger partial charge in [-0.1, -0.05) is 12.8 Å². The molecule has 1 aromatic rings. The highest BCUT2D eigenvalue weighted by atomic mass is 19.1. The molecule has 0 bridgehead atoms. The van der Waals surface area contributed by atoms with Gasteiger partial charge in [0.1, 0.15) is 11.6 Å². The second-order valence-corrected chi connectivity index (χ2v) is 4.53. The summed E-state index contributed by atoms with van der Waals surface area (Å²) in [5.74, 6) is -0.299. The van der Waals surface area contributed by atoms with Crippen LogP contribution in [0.25, 0.3) is 0 Å². The molecule has 0 saturated heterocycles. The molecule has 4 nitrogen and oxygen atoms in total. The van der Waals surface area contributed by atoms with Gasteiger partial charge in [-0.2, -0.15) is 0 Å². The first-order valence-corrected chi connectivity index (χ1v) is 6.41. The number of aromatic nitrogens is 1. The average molecular weight is 251 g/mol. The fourth-order valence-electron chi connectivity index (χ4n) is 2.25. The lowest BCUT2D eigenvalue weighted by molar-refractivity contribution is 0.0938. The van der Waals surface area contributed by atoms with Crippen LogP contribution in [0.15, 0.2) is 12.3 Å². The zero-order valence-corrected chi connectivity index (χ0v) is 10.5. The second-order valence-electron chi connectivity index (χ2n) is 4.53. The van der Waals surface area contributed by atoms with Gasteiger partial charge in [0, 0.05) is 12.6 Å². The van der Waals surface area contributed by atoms with E-state index in [4.69, 9.17) is 0 Å². The molecule has 98 valence electrons. The minimum Gasteiger partial charge on any atom is -0.370 e. The van der Waals surface area contributed by atoms with Gasteiger partial charge in [0.25, 0.3) is 5.91 Å². The molecule has 0 atom stereocenters. The minimum atomic E-state index is -0.492. The second kappa shape index (κ2) is 5.80. The Labute approximate surface area is 106 Å². The number of pyridine rings is 1. The van der Waals surface area contributed by atoms with Crippen molar-refractivity contribution in [3.8, 4) is 0 Å². The molecule has 0 radical (unpaired) electrons. The molecule has 18 heavy (non-hydrogen) atoms. The maximum atomic E-state index is 13.2. The molecule has 1 aromatic heterocycles. The van der Waals surface area contributed by atoms with Crippen molar-refractivity contribution in [1.82, 2.24) is 10.3 Å². The Bertz CT molecular complexity index is 430. The first kappa shape index (κ1) is 12.8. The summed E-state index contributed by atoms with van der Waals surface area (Å²) in [6.45, 7) is 2.55. The Morgan fingerprint density at radius 3 is 2.89 bits per heavy atom. The molecule has 1 saturated carbocycles. The number of anilines is 1. The molecule has 0 unspecified atom stereocenters. The Morgan fingerprint density at radius 1 is 1.50 bits per heavy atom. The van der Waals surface area contributed by atoms with Crippen molar-refractivity contribution in [3.05, 3.63) is 23.6 Å². The molecule has 5 heteroatoms. The fraction of sp³-hybridized carbons (Fsp3) is 0.538. The van der Waals surface area contributed by atoms with Crippen LogP contribution in [-0.2, 0) is 0 Å². The molecule has 0 spiro atoms. The molecule has 1 aliphatic carbocycles. The van der Waals surface area contributed by atoms with Crippen molar-refractivity contribution < 1.29 is 9.18 Å². The number of nitrogens with zero attached hydrogens (tertiary/aromatic N) is 1. The van der Waals surface area contributed by atoms with Crippen LogP contribution in [0.1, 0.15) is 43.0 Å². The monoisotopic (exact) mass is 251 g/mol. The lowest BCUT2D eigenvalue weighted by atomic mass is 10.2. The van der Waals surface area contributed by atoms with E-state index in [9.17, 15) is 9.18 Å². The van der Waals surface area contributed by atoms with Gasteiger partial charge < -0.3 is 10.6 Å². The molecule has 1 fully saturated rings. The summed E-state index contributed by atoms with van der Waals surface area (Å²) in [6.07, 6.45) is 5.42. The number of amides is 1. The van der Waals surface area contributed by atoms with Gasteiger partial charge in [0.05, 0.1) is 11.8 Å². The van der Waals surface area contributed by atoms with Gasteiger partial charge in [-0.25, -0.2) is 9.37 Å². The van der Waals surface area contributed by atoms with E-state index in [0.29, 0.717) is 12.4 Å². The Balaban J connectivity index is 2.14. The summed E-state index contributed by atoms with van der Waals surface area (Å²) < 4.78 is 13.2. The van der Waals surface area contributed by atoms with E-state index in [-0.39, 0.29) is 17.5 Å². The topological polar surface area (TPSA) is 54.0 Å². The molecular weight excluding hydrogens is 233 g/mol. The van der Waals surface area contributed by atoms with Gasteiger partial charge in [-0.15, -0.1) is 0 Å². The van der Waals surface area contributed by atoms with E-state index >= 15 is 0 Å². The normalized spacial score (nSPS) is 15.7. The Morgan fingerprint density at radius 2 is 2.22 bits per heavy atom. The molecule has 1 aliphatic rings. The van der Waals surface area contributed by atoms with E-state index in [1.807, 2.05) is 6.92 Å². The number of nitrogens with one attached hydrogen (secondary N) is 2. The average Bonchev–Trinajstić information content (AvgIpc) is 2.84. The predicted octanol–water partition coefficient (Wildman–Crippen LogP) is 2.32. The lowest BCUT2D eigenvalue weighted by Gasteiger charge is -2.14. The van der Waals surface area contributed by atoms with Crippen LogP contribution < -0.4 is 10.6 Å². The van der Waals surface area contributed by atoms with Crippen LogP contribution >= 0.6 is 0 Å². The fourth-order valence-corrected chi connectivity index (χ4v) is 2.25. The number of rotatable bonds is 4. The minimum absolute atomic E-state index is 0.218. The van der Waals surface area contributed by atoms with Crippen molar-refractivity contribution in [1.29, 1.82) is 0 Å². The first-order valence-electron chi connectivity index (χ1n) is 6.41. The number of halogens is 1. The highest BCUT2D eigenvalue weighted by Gasteiger charge is 2.20. The number of hydrogen-bond acceptors (Lipinski definition) is 3. The molecule has 0 aliphatic heterocycles. The van der Waals surface area contributed by atoms with Crippen molar-refractivity contribution >= 4 is 11.7 Å². The quantitative estimate of drug-likeness (QED) is 0.863. The molecule has 2 rings (SSSR count). The van der Waals surface area contributed by atoms with Gasteiger partial charge >= 0.3 is 0 Å². The van der Waals surface area contributed by atoms with Crippen LogP contribution in [0, 0.1) is 5.82 Å². The Kier molecular flexibility index (Phi) is 4.12. The molecule has 2 N–H and O–H groups in total.